The summed E-state index contributed by atoms with van der Waals surface area (Å²) in [5, 5.41) is 7.55. The lowest BCUT2D eigenvalue weighted by molar-refractivity contribution is 0.371. The largest absolute Gasteiger partial charge is 0.480 e. The number of hydrogen-bond acceptors (Lipinski definition) is 4. The monoisotopic (exact) mass is 237 g/mol. The summed E-state index contributed by atoms with van der Waals surface area (Å²) in [6, 6.07) is 3.70. The maximum absolute atomic E-state index is 11.5. The van der Waals surface area contributed by atoms with Gasteiger partial charge >= 0.3 is 0 Å². The van der Waals surface area contributed by atoms with Crippen LogP contribution in [0.1, 0.15) is 25.7 Å². The summed E-state index contributed by atoms with van der Waals surface area (Å²) in [6.07, 6.45) is 5.13. The van der Waals surface area contributed by atoms with Gasteiger partial charge in [-0.3, -0.25) is 4.79 Å². The summed E-state index contributed by atoms with van der Waals surface area (Å²) in [5.41, 5.74) is -0.0842. The van der Waals surface area contributed by atoms with E-state index >= 15 is 0 Å². The quantitative estimate of drug-likeness (QED) is 0.822. The maximum Gasteiger partial charge on any atom is 0.267 e. The predicted molar refractivity (Wildman–Crippen MR) is 65.3 cm³/mol. The first-order chi connectivity index (χ1) is 8.29. The van der Waals surface area contributed by atoms with E-state index in [1.807, 2.05) is 0 Å². The molecule has 1 aromatic rings. The van der Waals surface area contributed by atoms with Crippen molar-refractivity contribution in [2.24, 2.45) is 0 Å². The molecule has 1 N–H and O–H groups in total. The van der Waals surface area contributed by atoms with Crippen LogP contribution >= 0.6 is 0 Å². The average Bonchev–Trinajstić information content (AvgIpc) is 2.84. The maximum atomic E-state index is 11.5. The van der Waals surface area contributed by atoms with Gasteiger partial charge in [-0.25, -0.2) is 4.68 Å². The Morgan fingerprint density at radius 3 is 2.94 bits per heavy atom. The van der Waals surface area contributed by atoms with Crippen molar-refractivity contribution in [1.82, 2.24) is 15.1 Å². The van der Waals surface area contributed by atoms with Gasteiger partial charge in [-0.05, 0) is 12.8 Å². The molecule has 0 aliphatic heterocycles. The zero-order chi connectivity index (χ0) is 12.1. The van der Waals surface area contributed by atoms with Crippen molar-refractivity contribution in [3.63, 3.8) is 0 Å². The minimum atomic E-state index is -0.0842. The Labute approximate surface area is 101 Å². The molecule has 1 saturated carbocycles. The zero-order valence-electron chi connectivity index (χ0n) is 10.2. The molecule has 0 unspecified atom stereocenters. The second-order valence-electron chi connectivity index (χ2n) is 4.37. The SMILES string of the molecule is COc1ccc(=O)n(CCNC2CCCC2)n1. The second kappa shape index (κ2) is 5.82. The van der Waals surface area contributed by atoms with Gasteiger partial charge in [0.2, 0.25) is 5.88 Å². The molecule has 1 aliphatic carbocycles. The van der Waals surface area contributed by atoms with Crippen LogP contribution < -0.4 is 15.6 Å². The van der Waals surface area contributed by atoms with E-state index in [1.165, 1.54) is 36.4 Å². The van der Waals surface area contributed by atoms with E-state index in [4.69, 9.17) is 4.74 Å². The first kappa shape index (κ1) is 12.1. The molecule has 5 nitrogen and oxygen atoms in total. The van der Waals surface area contributed by atoms with Crippen molar-refractivity contribution in [3.8, 4) is 5.88 Å². The molecule has 0 radical (unpaired) electrons. The van der Waals surface area contributed by atoms with E-state index in [2.05, 4.69) is 10.4 Å². The Balaban J connectivity index is 1.87. The molecule has 1 aromatic heterocycles. The molecule has 0 spiro atoms. The van der Waals surface area contributed by atoms with Gasteiger partial charge in [0.25, 0.3) is 5.56 Å². The number of aromatic nitrogens is 2. The van der Waals surface area contributed by atoms with Gasteiger partial charge in [0.1, 0.15) is 0 Å². The van der Waals surface area contributed by atoms with Crippen LogP contribution in [-0.2, 0) is 6.54 Å². The number of ether oxygens (including phenoxy) is 1. The first-order valence-corrected chi connectivity index (χ1v) is 6.15. The van der Waals surface area contributed by atoms with Crippen LogP contribution in [-0.4, -0.2) is 29.5 Å². The molecular weight excluding hydrogens is 218 g/mol. The summed E-state index contributed by atoms with van der Waals surface area (Å²) < 4.78 is 6.44. The van der Waals surface area contributed by atoms with Gasteiger partial charge in [0, 0.05) is 24.7 Å². The molecule has 5 heteroatoms. The summed E-state index contributed by atoms with van der Waals surface area (Å²) >= 11 is 0. The molecule has 1 heterocycles. The van der Waals surface area contributed by atoms with Crippen LogP contribution in [0.3, 0.4) is 0 Å². The van der Waals surface area contributed by atoms with E-state index < -0.39 is 0 Å². The standard InChI is InChI=1S/C12H19N3O2/c1-17-11-6-7-12(16)15(14-11)9-8-13-10-4-2-3-5-10/h6-7,10,13H,2-5,8-9H2,1H3. The van der Waals surface area contributed by atoms with Gasteiger partial charge in [0.15, 0.2) is 0 Å². The summed E-state index contributed by atoms with van der Waals surface area (Å²) in [7, 11) is 1.55. The van der Waals surface area contributed by atoms with Crippen LogP contribution in [0.2, 0.25) is 0 Å². The number of nitrogens with zero attached hydrogens (tertiary/aromatic N) is 2. The van der Waals surface area contributed by atoms with Crippen molar-refractivity contribution in [2.45, 2.75) is 38.3 Å². The fraction of sp³-hybridized carbons (Fsp3) is 0.667. The minimum absolute atomic E-state index is 0.0842. The van der Waals surface area contributed by atoms with Crippen molar-refractivity contribution in [1.29, 1.82) is 0 Å². The van der Waals surface area contributed by atoms with Crippen molar-refractivity contribution >= 4 is 0 Å². The van der Waals surface area contributed by atoms with Crippen LogP contribution in [0.15, 0.2) is 16.9 Å². The second-order valence-corrected chi connectivity index (χ2v) is 4.37. The van der Waals surface area contributed by atoms with E-state index in [1.54, 1.807) is 13.2 Å². The molecule has 1 aliphatic rings. The number of hydrogen-bond donors (Lipinski definition) is 1. The third-order valence-corrected chi connectivity index (χ3v) is 3.16. The molecular formula is C12H19N3O2. The molecule has 0 atom stereocenters. The number of methoxy groups -OCH3 is 1. The fourth-order valence-corrected chi connectivity index (χ4v) is 2.20. The van der Waals surface area contributed by atoms with Crippen molar-refractivity contribution < 1.29 is 4.74 Å². The van der Waals surface area contributed by atoms with E-state index in [-0.39, 0.29) is 5.56 Å². The highest BCUT2D eigenvalue weighted by atomic mass is 16.5. The molecule has 2 rings (SSSR count). The molecule has 0 bridgehead atoms. The lowest BCUT2D eigenvalue weighted by atomic mass is 10.2. The Bertz CT molecular complexity index is 410. The average molecular weight is 237 g/mol. The van der Waals surface area contributed by atoms with E-state index in [0.29, 0.717) is 18.5 Å². The fourth-order valence-electron chi connectivity index (χ4n) is 2.20. The van der Waals surface area contributed by atoms with Gasteiger partial charge < -0.3 is 10.1 Å². The van der Waals surface area contributed by atoms with Crippen LogP contribution in [0.25, 0.3) is 0 Å². The van der Waals surface area contributed by atoms with E-state index in [9.17, 15) is 4.79 Å². The zero-order valence-corrected chi connectivity index (χ0v) is 10.2. The first-order valence-electron chi connectivity index (χ1n) is 6.15. The Hall–Kier alpha value is -1.36. The van der Waals surface area contributed by atoms with Gasteiger partial charge in [0.05, 0.1) is 13.7 Å². The van der Waals surface area contributed by atoms with Crippen LogP contribution in [0.4, 0.5) is 0 Å². The Morgan fingerprint density at radius 1 is 1.47 bits per heavy atom. The third kappa shape index (κ3) is 3.30. The summed E-state index contributed by atoms with van der Waals surface area (Å²) in [4.78, 5) is 11.5. The third-order valence-electron chi connectivity index (χ3n) is 3.16. The molecule has 17 heavy (non-hydrogen) atoms. The molecule has 0 aromatic carbocycles. The smallest absolute Gasteiger partial charge is 0.267 e. The van der Waals surface area contributed by atoms with Gasteiger partial charge in [-0.1, -0.05) is 12.8 Å². The lowest BCUT2D eigenvalue weighted by Gasteiger charge is -2.12. The molecule has 1 fully saturated rings. The van der Waals surface area contributed by atoms with E-state index in [0.717, 1.165) is 6.54 Å². The Morgan fingerprint density at radius 2 is 2.24 bits per heavy atom. The van der Waals surface area contributed by atoms with Crippen LogP contribution in [0, 0.1) is 0 Å². The van der Waals surface area contributed by atoms with Gasteiger partial charge in [-0.2, -0.15) is 0 Å². The normalized spacial score (nSPS) is 16.3. The molecule has 94 valence electrons. The van der Waals surface area contributed by atoms with Crippen molar-refractivity contribution in [2.75, 3.05) is 13.7 Å². The highest BCUT2D eigenvalue weighted by Gasteiger charge is 2.13. The minimum Gasteiger partial charge on any atom is -0.480 e. The molecule has 0 amide bonds. The highest BCUT2D eigenvalue weighted by molar-refractivity contribution is 5.05. The van der Waals surface area contributed by atoms with Crippen LogP contribution in [0.5, 0.6) is 5.88 Å². The predicted octanol–water partition coefficient (Wildman–Crippen LogP) is 0.784. The number of rotatable bonds is 5. The van der Waals surface area contributed by atoms with Gasteiger partial charge in [-0.15, -0.1) is 5.10 Å². The number of nitrogens with one attached hydrogen (secondary N) is 1. The summed E-state index contributed by atoms with van der Waals surface area (Å²) in [5.74, 6) is 0.477. The van der Waals surface area contributed by atoms with Crippen molar-refractivity contribution in [3.05, 3.63) is 22.5 Å². The highest BCUT2D eigenvalue weighted by Crippen LogP contribution is 2.17. The Kier molecular flexibility index (Phi) is 4.14. The topological polar surface area (TPSA) is 56.1 Å². The molecule has 0 saturated heterocycles. The lowest BCUT2D eigenvalue weighted by Crippen LogP contribution is -2.33. The summed E-state index contributed by atoms with van der Waals surface area (Å²) in [6.45, 7) is 1.37.